The van der Waals surface area contributed by atoms with E-state index in [-0.39, 0.29) is 0 Å². The lowest BCUT2D eigenvalue weighted by Gasteiger charge is -2.09. The molecule has 12 heavy (non-hydrogen) atoms. The van der Waals surface area contributed by atoms with E-state index < -0.39 is 11.3 Å². The lowest BCUT2D eigenvalue weighted by Crippen LogP contribution is -2.17. The first-order chi connectivity index (χ1) is 5.70. The molecule has 0 amide bonds. The second-order valence-electron chi connectivity index (χ2n) is 3.05. The van der Waals surface area contributed by atoms with Gasteiger partial charge in [-0.3, -0.25) is 4.79 Å². The van der Waals surface area contributed by atoms with Crippen molar-refractivity contribution in [1.29, 1.82) is 0 Å². The van der Waals surface area contributed by atoms with Gasteiger partial charge in [-0.05, 0) is 12.8 Å². The first-order valence-electron chi connectivity index (χ1n) is 4.18. The summed E-state index contributed by atoms with van der Waals surface area (Å²) in [5.74, 6) is -0.358. The van der Waals surface area contributed by atoms with Crippen molar-refractivity contribution in [3.63, 3.8) is 0 Å². The average molecular weight is 209 g/mol. The number of hydrogen-bond acceptors (Lipinski definition) is 2. The monoisotopic (exact) mass is 208 g/mol. The van der Waals surface area contributed by atoms with E-state index in [4.69, 9.17) is 16.7 Å². The highest BCUT2D eigenvalue weighted by Crippen LogP contribution is 2.30. The quantitative estimate of drug-likeness (QED) is 0.721. The molecule has 0 saturated heterocycles. The fourth-order valence-electron chi connectivity index (χ4n) is 1.35. The lowest BCUT2D eigenvalue weighted by molar-refractivity contribution is -0.136. The average Bonchev–Trinajstić information content (AvgIpc) is 2.51. The van der Waals surface area contributed by atoms with Gasteiger partial charge in [0.15, 0.2) is 0 Å². The summed E-state index contributed by atoms with van der Waals surface area (Å²) < 4.78 is 0. The molecular weight excluding hydrogens is 196 g/mol. The van der Waals surface area contributed by atoms with Crippen molar-refractivity contribution in [3.05, 3.63) is 0 Å². The van der Waals surface area contributed by atoms with Crippen molar-refractivity contribution < 1.29 is 9.90 Å². The SMILES string of the molecule is O=C(O)C(Cl)CSC1CCCC1. The molecule has 0 aromatic heterocycles. The third-order valence-electron chi connectivity index (χ3n) is 2.05. The largest absolute Gasteiger partial charge is 0.480 e. The van der Waals surface area contributed by atoms with E-state index in [0.717, 1.165) is 0 Å². The summed E-state index contributed by atoms with van der Waals surface area (Å²) in [5, 5.41) is 8.46. The maximum Gasteiger partial charge on any atom is 0.322 e. The van der Waals surface area contributed by atoms with Gasteiger partial charge in [0, 0.05) is 11.0 Å². The summed E-state index contributed by atoms with van der Waals surface area (Å²) in [4.78, 5) is 10.4. The first kappa shape index (κ1) is 10.2. The molecule has 0 bridgehead atoms. The van der Waals surface area contributed by atoms with Crippen molar-refractivity contribution in [3.8, 4) is 0 Å². The van der Waals surface area contributed by atoms with Crippen LogP contribution in [0.5, 0.6) is 0 Å². The molecule has 1 aliphatic rings. The summed E-state index contributed by atoms with van der Waals surface area (Å²) in [5.41, 5.74) is 0. The van der Waals surface area contributed by atoms with Gasteiger partial charge in [0.25, 0.3) is 0 Å². The molecule has 1 aliphatic carbocycles. The molecule has 4 heteroatoms. The summed E-state index contributed by atoms with van der Waals surface area (Å²) >= 11 is 7.28. The van der Waals surface area contributed by atoms with Crippen LogP contribution in [0, 0.1) is 0 Å². The predicted octanol–water partition coefficient (Wildman–Crippen LogP) is 2.35. The van der Waals surface area contributed by atoms with Crippen molar-refractivity contribution in [2.75, 3.05) is 5.75 Å². The fourth-order valence-corrected chi connectivity index (χ4v) is 2.82. The van der Waals surface area contributed by atoms with Crippen LogP contribution in [0.15, 0.2) is 0 Å². The molecule has 2 nitrogen and oxygen atoms in total. The first-order valence-corrected chi connectivity index (χ1v) is 5.67. The number of rotatable bonds is 4. The summed E-state index contributed by atoms with van der Waals surface area (Å²) in [7, 11) is 0. The van der Waals surface area contributed by atoms with Gasteiger partial charge in [0.05, 0.1) is 0 Å². The minimum atomic E-state index is -0.901. The van der Waals surface area contributed by atoms with Crippen molar-refractivity contribution >= 4 is 29.3 Å². The van der Waals surface area contributed by atoms with E-state index >= 15 is 0 Å². The molecule has 1 atom stereocenters. The Labute approximate surface area is 81.7 Å². The summed E-state index contributed by atoms with van der Waals surface area (Å²) in [6.45, 7) is 0. The van der Waals surface area contributed by atoms with Crippen LogP contribution in [0.1, 0.15) is 25.7 Å². The number of carbonyl (C=O) groups is 1. The van der Waals surface area contributed by atoms with Crippen LogP contribution in [0.3, 0.4) is 0 Å². The van der Waals surface area contributed by atoms with Crippen LogP contribution in [-0.2, 0) is 4.79 Å². The molecule has 1 N–H and O–H groups in total. The molecule has 1 fully saturated rings. The Morgan fingerprint density at radius 1 is 1.58 bits per heavy atom. The zero-order valence-electron chi connectivity index (χ0n) is 6.83. The standard InChI is InChI=1S/C8H13ClO2S/c9-7(8(10)11)5-12-6-3-1-2-4-6/h6-7H,1-5H2,(H,10,11). The van der Waals surface area contributed by atoms with Gasteiger partial charge in [-0.25, -0.2) is 0 Å². The van der Waals surface area contributed by atoms with Crippen LogP contribution in [0.2, 0.25) is 0 Å². The number of halogens is 1. The Bertz CT molecular complexity index is 157. The number of carboxylic acid groups (broad SMARTS) is 1. The van der Waals surface area contributed by atoms with Crippen molar-refractivity contribution in [2.45, 2.75) is 36.3 Å². The highest BCUT2D eigenvalue weighted by molar-refractivity contribution is 8.00. The third-order valence-corrected chi connectivity index (χ3v) is 4.04. The van der Waals surface area contributed by atoms with E-state index in [1.807, 2.05) is 0 Å². The molecule has 0 spiro atoms. The topological polar surface area (TPSA) is 37.3 Å². The Hall–Kier alpha value is 0.110. The number of carboxylic acids is 1. The number of aliphatic carboxylic acids is 1. The van der Waals surface area contributed by atoms with Gasteiger partial charge >= 0.3 is 5.97 Å². The zero-order valence-corrected chi connectivity index (χ0v) is 8.40. The molecule has 1 rings (SSSR count). The van der Waals surface area contributed by atoms with Gasteiger partial charge in [-0.1, -0.05) is 12.8 Å². The highest BCUT2D eigenvalue weighted by atomic mass is 35.5. The maximum atomic E-state index is 10.4. The van der Waals surface area contributed by atoms with Crippen LogP contribution in [-0.4, -0.2) is 27.5 Å². The normalized spacial score (nSPS) is 21.1. The van der Waals surface area contributed by atoms with Crippen LogP contribution in [0.4, 0.5) is 0 Å². The van der Waals surface area contributed by atoms with Gasteiger partial charge < -0.3 is 5.11 Å². The van der Waals surface area contributed by atoms with E-state index in [2.05, 4.69) is 0 Å². The number of thioether (sulfide) groups is 1. The Morgan fingerprint density at radius 2 is 2.17 bits per heavy atom. The summed E-state index contributed by atoms with van der Waals surface area (Å²) in [6, 6.07) is 0. The van der Waals surface area contributed by atoms with Gasteiger partial charge in [0.1, 0.15) is 5.38 Å². The molecular formula is C8H13ClO2S. The Balaban J connectivity index is 2.11. The van der Waals surface area contributed by atoms with Gasteiger partial charge in [-0.2, -0.15) is 11.8 Å². The third kappa shape index (κ3) is 3.23. The summed E-state index contributed by atoms with van der Waals surface area (Å²) in [6.07, 6.45) is 5.04. The minimum absolute atomic E-state index is 0.543. The van der Waals surface area contributed by atoms with Crippen molar-refractivity contribution in [2.24, 2.45) is 0 Å². The Kier molecular flexibility index (Phi) is 4.22. The molecule has 0 heterocycles. The second-order valence-corrected chi connectivity index (χ2v) is 4.91. The minimum Gasteiger partial charge on any atom is -0.480 e. The molecule has 1 saturated carbocycles. The van der Waals surface area contributed by atoms with E-state index in [1.165, 1.54) is 25.7 Å². The van der Waals surface area contributed by atoms with Crippen LogP contribution in [0.25, 0.3) is 0 Å². The van der Waals surface area contributed by atoms with E-state index in [1.54, 1.807) is 11.8 Å². The van der Waals surface area contributed by atoms with Gasteiger partial charge in [-0.15, -0.1) is 11.6 Å². The van der Waals surface area contributed by atoms with Crippen molar-refractivity contribution in [1.82, 2.24) is 0 Å². The van der Waals surface area contributed by atoms with Crippen LogP contribution < -0.4 is 0 Å². The lowest BCUT2D eigenvalue weighted by atomic mass is 10.4. The Morgan fingerprint density at radius 3 is 2.67 bits per heavy atom. The number of alkyl halides is 1. The molecule has 1 unspecified atom stereocenters. The predicted molar refractivity (Wildman–Crippen MR) is 52.0 cm³/mol. The van der Waals surface area contributed by atoms with Crippen LogP contribution >= 0.6 is 23.4 Å². The van der Waals surface area contributed by atoms with E-state index in [9.17, 15) is 4.79 Å². The molecule has 0 aromatic rings. The number of hydrogen-bond donors (Lipinski definition) is 1. The highest BCUT2D eigenvalue weighted by Gasteiger charge is 2.19. The molecule has 0 aliphatic heterocycles. The molecule has 70 valence electrons. The van der Waals surface area contributed by atoms with Gasteiger partial charge in [0.2, 0.25) is 0 Å². The maximum absolute atomic E-state index is 10.4. The van der Waals surface area contributed by atoms with E-state index in [0.29, 0.717) is 11.0 Å². The molecule has 0 aromatic carbocycles. The smallest absolute Gasteiger partial charge is 0.322 e. The fraction of sp³-hybridized carbons (Fsp3) is 0.875. The molecule has 0 radical (unpaired) electrons. The zero-order chi connectivity index (χ0) is 8.97. The second kappa shape index (κ2) is 4.97.